The van der Waals surface area contributed by atoms with Crippen molar-refractivity contribution in [1.29, 1.82) is 0 Å². The lowest BCUT2D eigenvalue weighted by Gasteiger charge is -2.21. The maximum atomic E-state index is 12.2. The molecule has 0 N–H and O–H groups in total. The van der Waals surface area contributed by atoms with E-state index in [0.717, 1.165) is 5.56 Å². The topological polar surface area (TPSA) is 18.5 Å². The van der Waals surface area contributed by atoms with Gasteiger partial charge in [-0.1, -0.05) is 31.9 Å². The molecule has 19 heavy (non-hydrogen) atoms. The second-order valence-electron chi connectivity index (χ2n) is 4.14. The number of benzene rings is 1. The number of halogens is 5. The van der Waals surface area contributed by atoms with Gasteiger partial charge in [-0.2, -0.15) is 13.2 Å². The summed E-state index contributed by atoms with van der Waals surface area (Å²) in [6.45, 7) is 0.925. The molecule has 0 fully saturated rings. The zero-order valence-corrected chi connectivity index (χ0v) is 12.9. The van der Waals surface area contributed by atoms with Crippen molar-refractivity contribution < 1.29 is 22.6 Å². The van der Waals surface area contributed by atoms with Gasteiger partial charge in [0.15, 0.2) is 11.5 Å². The maximum Gasteiger partial charge on any atom is 0.389 e. The second-order valence-corrected chi connectivity index (χ2v) is 6.10. The van der Waals surface area contributed by atoms with E-state index in [-0.39, 0.29) is 11.2 Å². The van der Waals surface area contributed by atoms with Crippen LogP contribution in [0.15, 0.2) is 16.6 Å². The van der Waals surface area contributed by atoms with Crippen molar-refractivity contribution in [3.63, 3.8) is 0 Å². The van der Waals surface area contributed by atoms with Gasteiger partial charge in [0, 0.05) is 15.7 Å². The molecule has 0 spiro atoms. The molecule has 0 saturated heterocycles. The largest absolute Gasteiger partial charge is 0.486 e. The lowest BCUT2D eigenvalue weighted by Crippen LogP contribution is -2.15. The number of hydrogen-bond donors (Lipinski definition) is 0. The van der Waals surface area contributed by atoms with Crippen LogP contribution >= 0.6 is 31.9 Å². The molecule has 1 aliphatic rings. The molecule has 0 aliphatic carbocycles. The monoisotopic (exact) mass is 402 g/mol. The third kappa shape index (κ3) is 4.02. The second kappa shape index (κ2) is 5.91. The van der Waals surface area contributed by atoms with Gasteiger partial charge in [-0.3, -0.25) is 0 Å². The lowest BCUT2D eigenvalue weighted by atomic mass is 10.1. The average Bonchev–Trinajstić information content (AvgIpc) is 2.34. The Balaban J connectivity index is 2.15. The van der Waals surface area contributed by atoms with Crippen LogP contribution in [0.2, 0.25) is 0 Å². The van der Waals surface area contributed by atoms with Crippen molar-refractivity contribution in [2.24, 2.45) is 0 Å². The fourth-order valence-electron chi connectivity index (χ4n) is 1.77. The molecule has 1 aromatic rings. The van der Waals surface area contributed by atoms with E-state index in [4.69, 9.17) is 9.47 Å². The zero-order chi connectivity index (χ0) is 14.0. The predicted molar refractivity (Wildman–Crippen MR) is 72.1 cm³/mol. The Hall–Kier alpha value is -0.430. The highest BCUT2D eigenvalue weighted by Crippen LogP contribution is 2.42. The minimum Gasteiger partial charge on any atom is -0.486 e. The van der Waals surface area contributed by atoms with Gasteiger partial charge in [-0.05, 0) is 24.1 Å². The van der Waals surface area contributed by atoms with Gasteiger partial charge >= 0.3 is 6.18 Å². The molecule has 0 amide bonds. The predicted octanol–water partition coefficient (Wildman–Crippen LogP) is 5.00. The molecule has 106 valence electrons. The van der Waals surface area contributed by atoms with Gasteiger partial charge in [0.25, 0.3) is 0 Å². The minimum absolute atomic E-state index is 0.0260. The van der Waals surface area contributed by atoms with Crippen LogP contribution in [0.1, 0.15) is 23.2 Å². The number of ether oxygens (including phenoxy) is 2. The molecule has 0 bridgehead atoms. The SMILES string of the molecule is FC(F)(F)CCC(Br)c1cc2c(cc1Br)OCCO2. The highest BCUT2D eigenvalue weighted by atomic mass is 79.9. The molecule has 1 atom stereocenters. The van der Waals surface area contributed by atoms with Crippen molar-refractivity contribution in [2.45, 2.75) is 23.8 Å². The summed E-state index contributed by atoms with van der Waals surface area (Å²) in [6, 6.07) is 3.44. The molecule has 0 aromatic heterocycles. The van der Waals surface area contributed by atoms with Crippen LogP contribution in [0.3, 0.4) is 0 Å². The Morgan fingerprint density at radius 1 is 1.16 bits per heavy atom. The fraction of sp³-hybridized carbons (Fsp3) is 0.500. The van der Waals surface area contributed by atoms with E-state index in [1.54, 1.807) is 12.1 Å². The molecule has 1 aliphatic heterocycles. The first-order chi connectivity index (χ1) is 8.87. The van der Waals surface area contributed by atoms with E-state index in [2.05, 4.69) is 31.9 Å². The summed E-state index contributed by atoms with van der Waals surface area (Å²) in [5, 5.41) is 0. The van der Waals surface area contributed by atoms with E-state index < -0.39 is 12.6 Å². The van der Waals surface area contributed by atoms with Crippen LogP contribution in [-0.2, 0) is 0 Å². The molecular formula is C12H11Br2F3O2. The van der Waals surface area contributed by atoms with E-state index in [1.165, 1.54) is 0 Å². The Morgan fingerprint density at radius 3 is 2.32 bits per heavy atom. The Bertz CT molecular complexity index is 463. The lowest BCUT2D eigenvalue weighted by molar-refractivity contribution is -0.135. The van der Waals surface area contributed by atoms with Crippen LogP contribution in [0.4, 0.5) is 13.2 Å². The number of rotatable bonds is 3. The van der Waals surface area contributed by atoms with Crippen LogP contribution in [0.25, 0.3) is 0 Å². The normalized spacial score (nSPS) is 16.3. The molecule has 1 aromatic carbocycles. The molecule has 1 unspecified atom stereocenters. The summed E-state index contributed by atoms with van der Waals surface area (Å²) in [7, 11) is 0. The third-order valence-electron chi connectivity index (χ3n) is 2.68. The number of fused-ring (bicyclic) bond motifs is 1. The van der Waals surface area contributed by atoms with E-state index in [0.29, 0.717) is 29.2 Å². The zero-order valence-electron chi connectivity index (χ0n) is 9.77. The van der Waals surface area contributed by atoms with Gasteiger partial charge in [0.05, 0.1) is 0 Å². The highest BCUT2D eigenvalue weighted by molar-refractivity contribution is 9.11. The third-order valence-corrected chi connectivity index (χ3v) is 4.32. The summed E-state index contributed by atoms with van der Waals surface area (Å²) in [6.07, 6.45) is -5.00. The molecule has 1 heterocycles. The van der Waals surface area contributed by atoms with E-state index >= 15 is 0 Å². The molecule has 2 rings (SSSR count). The summed E-state index contributed by atoms with van der Waals surface area (Å²) in [4.78, 5) is -0.390. The Labute approximate surface area is 125 Å². The van der Waals surface area contributed by atoms with Gasteiger partial charge in [-0.15, -0.1) is 0 Å². The van der Waals surface area contributed by atoms with Gasteiger partial charge in [0.2, 0.25) is 0 Å². The smallest absolute Gasteiger partial charge is 0.389 e. The molecule has 2 nitrogen and oxygen atoms in total. The van der Waals surface area contributed by atoms with Crippen molar-refractivity contribution >= 4 is 31.9 Å². The van der Waals surface area contributed by atoms with Crippen LogP contribution in [-0.4, -0.2) is 19.4 Å². The summed E-state index contributed by atoms with van der Waals surface area (Å²) in [5.74, 6) is 1.18. The van der Waals surface area contributed by atoms with Crippen molar-refractivity contribution in [2.75, 3.05) is 13.2 Å². The van der Waals surface area contributed by atoms with Crippen molar-refractivity contribution in [1.82, 2.24) is 0 Å². The number of hydrogen-bond acceptors (Lipinski definition) is 2. The molecule has 0 radical (unpaired) electrons. The highest BCUT2D eigenvalue weighted by Gasteiger charge is 2.29. The van der Waals surface area contributed by atoms with E-state index in [9.17, 15) is 13.2 Å². The summed E-state index contributed by atoms with van der Waals surface area (Å²) >= 11 is 6.64. The molecular weight excluding hydrogens is 393 g/mol. The first-order valence-electron chi connectivity index (χ1n) is 5.66. The van der Waals surface area contributed by atoms with Crippen molar-refractivity contribution in [3.8, 4) is 11.5 Å². The summed E-state index contributed by atoms with van der Waals surface area (Å²) in [5.41, 5.74) is 0.730. The van der Waals surface area contributed by atoms with E-state index in [1.807, 2.05) is 0 Å². The van der Waals surface area contributed by atoms with Gasteiger partial charge < -0.3 is 9.47 Å². The van der Waals surface area contributed by atoms with Crippen LogP contribution in [0.5, 0.6) is 11.5 Å². The maximum absolute atomic E-state index is 12.2. The first kappa shape index (κ1) is 15.0. The van der Waals surface area contributed by atoms with Crippen LogP contribution in [0, 0.1) is 0 Å². The minimum atomic E-state index is -4.15. The first-order valence-corrected chi connectivity index (χ1v) is 7.37. The Morgan fingerprint density at radius 2 is 1.74 bits per heavy atom. The van der Waals surface area contributed by atoms with Gasteiger partial charge in [-0.25, -0.2) is 0 Å². The standard InChI is InChI=1S/C12H11Br2F3O2/c13-8(1-2-12(15,16)17)7-5-10-11(6-9(7)14)19-4-3-18-10/h5-6,8H,1-4H2. The Kier molecular flexibility index (Phi) is 4.66. The fourth-order valence-corrected chi connectivity index (χ4v) is 3.28. The molecule has 7 heteroatoms. The summed E-state index contributed by atoms with van der Waals surface area (Å²) < 4.78 is 48.2. The average molecular weight is 404 g/mol. The number of alkyl halides is 4. The molecule has 0 saturated carbocycles. The van der Waals surface area contributed by atoms with Crippen molar-refractivity contribution in [3.05, 3.63) is 22.2 Å². The quantitative estimate of drug-likeness (QED) is 0.661. The van der Waals surface area contributed by atoms with Crippen LogP contribution < -0.4 is 9.47 Å². The van der Waals surface area contributed by atoms with Gasteiger partial charge in [0.1, 0.15) is 13.2 Å².